The van der Waals surface area contributed by atoms with Crippen LogP contribution < -0.4 is 9.47 Å². The molecule has 0 atom stereocenters. The van der Waals surface area contributed by atoms with Crippen molar-refractivity contribution >= 4 is 29.2 Å². The summed E-state index contributed by atoms with van der Waals surface area (Å²) in [6, 6.07) is 14.0. The minimum Gasteiger partial charge on any atom is -0.490 e. The second-order valence-corrected chi connectivity index (χ2v) is 5.09. The summed E-state index contributed by atoms with van der Waals surface area (Å²) in [6.07, 6.45) is 0. The third-order valence-corrected chi connectivity index (χ3v) is 3.13. The SMILES string of the molecule is O=C(COc1ccc(Cl)cc1Cl)OCCOc1ccccc1. The van der Waals surface area contributed by atoms with Gasteiger partial charge >= 0.3 is 5.97 Å². The molecule has 2 aromatic rings. The quantitative estimate of drug-likeness (QED) is 0.564. The molecule has 0 amide bonds. The van der Waals surface area contributed by atoms with E-state index in [1.165, 1.54) is 6.07 Å². The first kappa shape index (κ1) is 16.5. The number of halogens is 2. The maximum atomic E-state index is 11.5. The first-order valence-corrected chi connectivity index (χ1v) is 7.32. The number of esters is 1. The fourth-order valence-electron chi connectivity index (χ4n) is 1.60. The molecule has 0 unspecified atom stereocenters. The van der Waals surface area contributed by atoms with E-state index in [9.17, 15) is 4.79 Å². The summed E-state index contributed by atoms with van der Waals surface area (Å²) >= 11 is 11.7. The maximum absolute atomic E-state index is 11.5. The molecule has 0 N–H and O–H groups in total. The molecule has 0 bridgehead atoms. The molecule has 0 heterocycles. The average Bonchev–Trinajstić information content (AvgIpc) is 2.52. The summed E-state index contributed by atoms with van der Waals surface area (Å²) in [6.45, 7) is 0.190. The Morgan fingerprint density at radius 1 is 0.955 bits per heavy atom. The lowest BCUT2D eigenvalue weighted by molar-refractivity contribution is -0.146. The second-order valence-electron chi connectivity index (χ2n) is 4.25. The van der Waals surface area contributed by atoms with Crippen LogP contribution in [0.25, 0.3) is 0 Å². The predicted molar refractivity (Wildman–Crippen MR) is 84.9 cm³/mol. The molecule has 0 aliphatic heterocycles. The van der Waals surface area contributed by atoms with E-state index >= 15 is 0 Å². The Morgan fingerprint density at radius 3 is 2.45 bits per heavy atom. The predicted octanol–water partition coefficient (Wildman–Crippen LogP) is 3.99. The van der Waals surface area contributed by atoms with Crippen LogP contribution in [0.2, 0.25) is 10.0 Å². The highest BCUT2D eigenvalue weighted by molar-refractivity contribution is 6.35. The molecule has 116 valence electrons. The maximum Gasteiger partial charge on any atom is 0.344 e. The minimum absolute atomic E-state index is 0.144. The Balaban J connectivity index is 1.65. The molecule has 0 aromatic heterocycles. The highest BCUT2D eigenvalue weighted by Crippen LogP contribution is 2.27. The number of rotatable bonds is 7. The largest absolute Gasteiger partial charge is 0.490 e. The summed E-state index contributed by atoms with van der Waals surface area (Å²) in [5, 5.41) is 0.839. The van der Waals surface area contributed by atoms with Crippen LogP contribution in [0.15, 0.2) is 48.5 Å². The number of hydrogen-bond acceptors (Lipinski definition) is 4. The molecule has 4 nitrogen and oxygen atoms in total. The molecule has 2 aromatic carbocycles. The summed E-state index contributed by atoms with van der Waals surface area (Å²) in [7, 11) is 0. The van der Waals surface area contributed by atoms with Crippen LogP contribution in [-0.4, -0.2) is 25.8 Å². The standard InChI is InChI=1S/C16H14Cl2O4/c17-12-6-7-15(14(18)10-12)22-11-16(19)21-9-8-20-13-4-2-1-3-5-13/h1-7,10H,8-9,11H2. The van der Waals surface area contributed by atoms with Gasteiger partial charge in [0.1, 0.15) is 24.7 Å². The van der Waals surface area contributed by atoms with Crippen molar-refractivity contribution in [2.24, 2.45) is 0 Å². The van der Waals surface area contributed by atoms with Crippen molar-refractivity contribution in [3.8, 4) is 11.5 Å². The zero-order valence-electron chi connectivity index (χ0n) is 11.6. The second kappa shape index (κ2) is 8.51. The van der Waals surface area contributed by atoms with Crippen molar-refractivity contribution in [3.05, 3.63) is 58.6 Å². The zero-order valence-corrected chi connectivity index (χ0v) is 13.1. The highest BCUT2D eigenvalue weighted by Gasteiger charge is 2.07. The number of ether oxygens (including phenoxy) is 3. The zero-order chi connectivity index (χ0) is 15.8. The van der Waals surface area contributed by atoms with Gasteiger partial charge in [-0.15, -0.1) is 0 Å². The van der Waals surface area contributed by atoms with Crippen molar-refractivity contribution in [1.82, 2.24) is 0 Å². The topological polar surface area (TPSA) is 44.8 Å². The normalized spacial score (nSPS) is 10.1. The summed E-state index contributed by atoms with van der Waals surface area (Å²) in [4.78, 5) is 11.5. The van der Waals surface area contributed by atoms with Gasteiger partial charge in [-0.1, -0.05) is 41.4 Å². The molecule has 0 radical (unpaired) electrons. The van der Waals surface area contributed by atoms with Crippen molar-refractivity contribution < 1.29 is 19.0 Å². The molecule has 0 aliphatic rings. The Morgan fingerprint density at radius 2 is 1.73 bits per heavy atom. The van der Waals surface area contributed by atoms with Crippen molar-refractivity contribution in [2.45, 2.75) is 0 Å². The Labute approximate surface area is 138 Å². The molecular formula is C16H14Cl2O4. The number of hydrogen-bond donors (Lipinski definition) is 0. The molecule has 0 saturated carbocycles. The lowest BCUT2D eigenvalue weighted by Crippen LogP contribution is -2.18. The van der Waals surface area contributed by atoms with Crippen LogP contribution in [0.1, 0.15) is 0 Å². The van der Waals surface area contributed by atoms with Crippen LogP contribution in [0.5, 0.6) is 11.5 Å². The number of benzene rings is 2. The van der Waals surface area contributed by atoms with Gasteiger partial charge in [-0.05, 0) is 30.3 Å². The van der Waals surface area contributed by atoms with Crippen LogP contribution in [0.4, 0.5) is 0 Å². The number of carbonyl (C=O) groups is 1. The highest BCUT2D eigenvalue weighted by atomic mass is 35.5. The van der Waals surface area contributed by atoms with E-state index in [-0.39, 0.29) is 19.8 Å². The third-order valence-electron chi connectivity index (χ3n) is 2.60. The fourth-order valence-corrected chi connectivity index (χ4v) is 2.07. The molecule has 6 heteroatoms. The van der Waals surface area contributed by atoms with Gasteiger partial charge in [0.25, 0.3) is 0 Å². The first-order valence-electron chi connectivity index (χ1n) is 6.56. The van der Waals surface area contributed by atoms with Gasteiger partial charge in [0, 0.05) is 5.02 Å². The van der Waals surface area contributed by atoms with E-state index < -0.39 is 5.97 Å². The molecule has 0 aliphatic carbocycles. The smallest absolute Gasteiger partial charge is 0.344 e. The van der Waals surface area contributed by atoms with Crippen molar-refractivity contribution in [3.63, 3.8) is 0 Å². The molecule has 0 spiro atoms. The van der Waals surface area contributed by atoms with Gasteiger partial charge in [-0.2, -0.15) is 0 Å². The monoisotopic (exact) mass is 340 g/mol. The Bertz CT molecular complexity index is 617. The van der Waals surface area contributed by atoms with Crippen LogP contribution in [0.3, 0.4) is 0 Å². The Kier molecular flexibility index (Phi) is 6.37. The Hall–Kier alpha value is -1.91. The summed E-state index contributed by atoms with van der Waals surface area (Å²) in [5.74, 6) is 0.606. The third kappa shape index (κ3) is 5.47. The van der Waals surface area contributed by atoms with E-state index in [2.05, 4.69) is 0 Å². The van der Waals surface area contributed by atoms with Crippen LogP contribution in [0, 0.1) is 0 Å². The van der Waals surface area contributed by atoms with Gasteiger partial charge in [0.05, 0.1) is 5.02 Å². The average molecular weight is 341 g/mol. The van der Waals surface area contributed by atoms with E-state index in [4.69, 9.17) is 37.4 Å². The number of para-hydroxylation sites is 1. The van der Waals surface area contributed by atoms with Gasteiger partial charge in [-0.3, -0.25) is 0 Å². The fraction of sp³-hybridized carbons (Fsp3) is 0.188. The lowest BCUT2D eigenvalue weighted by Gasteiger charge is -2.09. The van der Waals surface area contributed by atoms with Crippen LogP contribution >= 0.6 is 23.2 Å². The molecule has 2 rings (SSSR count). The van der Waals surface area contributed by atoms with Crippen molar-refractivity contribution in [1.29, 1.82) is 0 Å². The lowest BCUT2D eigenvalue weighted by atomic mass is 10.3. The summed E-state index contributed by atoms with van der Waals surface area (Å²) < 4.78 is 15.7. The van der Waals surface area contributed by atoms with Crippen molar-refractivity contribution in [2.75, 3.05) is 19.8 Å². The van der Waals surface area contributed by atoms with E-state index in [0.717, 1.165) is 5.75 Å². The molecule has 0 fully saturated rings. The molecular weight excluding hydrogens is 327 g/mol. The minimum atomic E-state index is -0.498. The molecule has 0 saturated heterocycles. The summed E-state index contributed by atoms with van der Waals surface area (Å²) in [5.41, 5.74) is 0. The van der Waals surface area contributed by atoms with Gasteiger partial charge < -0.3 is 14.2 Å². The first-order chi connectivity index (χ1) is 10.6. The van der Waals surface area contributed by atoms with E-state index in [1.807, 2.05) is 30.3 Å². The van der Waals surface area contributed by atoms with Gasteiger partial charge in [-0.25, -0.2) is 4.79 Å². The number of carbonyl (C=O) groups excluding carboxylic acids is 1. The van der Waals surface area contributed by atoms with Gasteiger partial charge in [0.15, 0.2) is 6.61 Å². The van der Waals surface area contributed by atoms with Crippen LogP contribution in [-0.2, 0) is 9.53 Å². The van der Waals surface area contributed by atoms with E-state index in [0.29, 0.717) is 15.8 Å². The molecule has 22 heavy (non-hydrogen) atoms. The van der Waals surface area contributed by atoms with E-state index in [1.54, 1.807) is 12.1 Å². The van der Waals surface area contributed by atoms with Gasteiger partial charge in [0.2, 0.25) is 0 Å².